The zero-order chi connectivity index (χ0) is 41.2. The largest absolute Gasteiger partial charge is 0.453 e. The number of hydrogen-bond donors (Lipinski definition) is 4. The Kier molecular flexibility index (Phi) is 11.8. The first-order valence-electron chi connectivity index (χ1n) is 19.8. The first-order valence-corrected chi connectivity index (χ1v) is 20.6. The van der Waals surface area contributed by atoms with Crippen molar-refractivity contribution in [3.63, 3.8) is 0 Å². The Balaban J connectivity index is 1.03. The van der Waals surface area contributed by atoms with E-state index in [1.54, 1.807) is 11.3 Å². The van der Waals surface area contributed by atoms with Crippen molar-refractivity contribution in [3.8, 4) is 22.3 Å². The molecule has 2 saturated heterocycles. The smallest absolute Gasteiger partial charge is 0.407 e. The highest BCUT2D eigenvalue weighted by molar-refractivity contribution is 7.21. The average Bonchev–Trinajstić information content (AvgIpc) is 4.05. The highest BCUT2D eigenvalue weighted by atomic mass is 32.1. The number of carbonyl (C=O) groups excluding carboxylic acids is 4. The third kappa shape index (κ3) is 8.38. The molecule has 2 aromatic carbocycles. The van der Waals surface area contributed by atoms with Crippen LogP contribution in [0.3, 0.4) is 0 Å². The van der Waals surface area contributed by atoms with E-state index in [9.17, 15) is 19.2 Å². The third-order valence-corrected chi connectivity index (χ3v) is 12.1. The minimum atomic E-state index is -0.694. The van der Waals surface area contributed by atoms with Gasteiger partial charge in [-0.25, -0.2) is 19.6 Å². The molecular formula is C43H50N8O6S. The maximum atomic E-state index is 13.7. The van der Waals surface area contributed by atoms with Crippen LogP contribution in [0.4, 0.5) is 9.59 Å². The second-order valence-corrected chi connectivity index (χ2v) is 16.8. The Morgan fingerprint density at radius 3 is 2.02 bits per heavy atom. The summed E-state index contributed by atoms with van der Waals surface area (Å²) in [6.45, 7) is 11.1. The lowest BCUT2D eigenvalue weighted by atomic mass is 10.0. The van der Waals surface area contributed by atoms with Gasteiger partial charge in [0, 0.05) is 29.1 Å². The van der Waals surface area contributed by atoms with Gasteiger partial charge in [0.1, 0.15) is 28.6 Å². The minimum absolute atomic E-state index is 0.110. The van der Waals surface area contributed by atoms with Crippen LogP contribution in [0.15, 0.2) is 48.5 Å². The fraction of sp³-hybridized carbons (Fsp3) is 0.442. The number of hydrogen-bond acceptors (Lipinski definition) is 9. The Hall–Kier alpha value is -5.88. The normalized spacial score (nSPS) is 20.2. The Morgan fingerprint density at radius 1 is 0.810 bits per heavy atom. The number of aromatic nitrogens is 4. The summed E-state index contributed by atoms with van der Waals surface area (Å²) in [5, 5.41) is 5.37. The van der Waals surface area contributed by atoms with Gasteiger partial charge in [-0.15, -0.1) is 11.3 Å². The predicted molar refractivity (Wildman–Crippen MR) is 222 cm³/mol. The first-order chi connectivity index (χ1) is 27.8. The van der Waals surface area contributed by atoms with Gasteiger partial charge in [0.2, 0.25) is 11.8 Å². The van der Waals surface area contributed by atoms with E-state index >= 15 is 0 Å². The number of ether oxygens (including phenoxy) is 2. The van der Waals surface area contributed by atoms with Gasteiger partial charge in [0.05, 0.1) is 42.9 Å². The number of likely N-dealkylation sites (tertiary alicyclic amines) is 2. The fourth-order valence-electron chi connectivity index (χ4n) is 7.97. The number of fused-ring (bicyclic) bond motifs is 2. The van der Waals surface area contributed by atoms with E-state index in [1.165, 1.54) is 14.2 Å². The molecule has 3 aromatic heterocycles. The van der Waals surface area contributed by atoms with Gasteiger partial charge in [-0.2, -0.15) is 0 Å². The van der Waals surface area contributed by atoms with Crippen molar-refractivity contribution in [1.82, 2.24) is 40.4 Å². The summed E-state index contributed by atoms with van der Waals surface area (Å²) in [6.07, 6.45) is 0.741. The Labute approximate surface area is 341 Å². The number of methoxy groups -OCH3 is 2. The van der Waals surface area contributed by atoms with Crippen LogP contribution in [0.2, 0.25) is 0 Å². The molecule has 2 aliphatic heterocycles. The number of rotatable bonds is 9. The molecule has 58 heavy (non-hydrogen) atoms. The number of nitrogens with one attached hydrogen (secondary N) is 4. The van der Waals surface area contributed by atoms with Crippen LogP contribution in [-0.2, 0) is 19.1 Å². The summed E-state index contributed by atoms with van der Waals surface area (Å²) in [6, 6.07) is 14.3. The van der Waals surface area contributed by atoms with Crippen LogP contribution >= 0.6 is 11.3 Å². The number of benzene rings is 2. The van der Waals surface area contributed by atoms with Gasteiger partial charge >= 0.3 is 12.2 Å². The molecule has 0 saturated carbocycles. The van der Waals surface area contributed by atoms with E-state index in [1.807, 2.05) is 60.9 Å². The molecule has 0 bridgehead atoms. The third-order valence-electron chi connectivity index (χ3n) is 11.0. The Morgan fingerprint density at radius 2 is 1.40 bits per heavy atom. The molecule has 4 amide bonds. The molecule has 2 fully saturated rings. The lowest BCUT2D eigenvalue weighted by Crippen LogP contribution is -2.51. The number of imidazole rings is 2. The molecule has 15 heteroatoms. The molecule has 0 unspecified atom stereocenters. The lowest BCUT2D eigenvalue weighted by molar-refractivity contribution is -0.136. The molecule has 4 N–H and O–H groups in total. The quantitative estimate of drug-likeness (QED) is 0.116. The maximum absolute atomic E-state index is 13.7. The van der Waals surface area contributed by atoms with E-state index < -0.39 is 24.3 Å². The van der Waals surface area contributed by atoms with Crippen LogP contribution in [-0.4, -0.2) is 93.1 Å². The standard InChI is InChI=1S/C43H50N8O6S/c1-8-29(47-42(54)56-6)40(52)50-21-24(4)17-33(50)37-44-30-16-13-27(19-31(30)45-37)10-9-26-11-14-28(15-12-26)35-20-32-39(58-35)49-38(46-32)34-18-25(5)22-51(34)41(53)36(23(2)3)48-43(55)57-7/h11-16,19-20,23-25,29,33-34,36H,8,17-18,21-22H2,1-7H3,(H,44,45)(H,46,49)(H,47,54)(H,48,55)/t24-,25-,29-,33-,34-,36-/m0/s1. The van der Waals surface area contributed by atoms with Gasteiger partial charge in [0.25, 0.3) is 0 Å². The van der Waals surface area contributed by atoms with Gasteiger partial charge < -0.3 is 39.9 Å². The molecule has 0 aliphatic carbocycles. The van der Waals surface area contributed by atoms with Crippen LogP contribution in [0.5, 0.6) is 0 Å². The summed E-state index contributed by atoms with van der Waals surface area (Å²) < 4.78 is 9.51. The number of thiophene rings is 1. The molecule has 0 radical (unpaired) electrons. The van der Waals surface area contributed by atoms with E-state index in [2.05, 4.69) is 64.5 Å². The molecule has 5 aromatic rings. The van der Waals surface area contributed by atoms with E-state index in [0.717, 1.165) is 61.6 Å². The van der Waals surface area contributed by atoms with Crippen molar-refractivity contribution in [2.75, 3.05) is 27.3 Å². The number of amides is 4. The van der Waals surface area contributed by atoms with E-state index in [0.29, 0.717) is 25.3 Å². The average molecular weight is 807 g/mol. The molecule has 304 valence electrons. The Bertz CT molecular complexity index is 2360. The summed E-state index contributed by atoms with van der Waals surface area (Å²) >= 11 is 1.59. The molecule has 7 rings (SSSR count). The van der Waals surface area contributed by atoms with Crippen molar-refractivity contribution in [2.45, 2.75) is 78.0 Å². The molecule has 6 atom stereocenters. The fourth-order valence-corrected chi connectivity index (χ4v) is 8.97. The van der Waals surface area contributed by atoms with Gasteiger partial charge in [-0.1, -0.05) is 58.6 Å². The number of aromatic amines is 2. The van der Waals surface area contributed by atoms with Gasteiger partial charge in [-0.3, -0.25) is 9.59 Å². The molecule has 0 spiro atoms. The monoisotopic (exact) mass is 806 g/mol. The van der Waals surface area contributed by atoms with Gasteiger partial charge in [-0.05, 0) is 79.0 Å². The van der Waals surface area contributed by atoms with Crippen molar-refractivity contribution in [2.24, 2.45) is 17.8 Å². The van der Waals surface area contributed by atoms with Crippen LogP contribution in [0.1, 0.15) is 88.7 Å². The van der Waals surface area contributed by atoms with Crippen molar-refractivity contribution in [3.05, 3.63) is 71.3 Å². The summed E-state index contributed by atoms with van der Waals surface area (Å²) in [7, 11) is 2.58. The second-order valence-electron chi connectivity index (χ2n) is 15.8. The predicted octanol–water partition coefficient (Wildman–Crippen LogP) is 6.90. The van der Waals surface area contributed by atoms with Crippen LogP contribution < -0.4 is 10.6 Å². The summed E-state index contributed by atoms with van der Waals surface area (Å²) in [5.41, 5.74) is 5.29. The number of nitrogens with zero attached hydrogens (tertiary/aromatic N) is 4. The SMILES string of the molecule is CC[C@H](NC(=O)OC)C(=O)N1C[C@@H](C)C[C@H]1c1nc2cc(C#Cc3ccc(-c4cc5[nH]c([C@@H]6C[C@H](C)CN6C(=O)[C@@H](NC(=O)OC)C(C)C)nc5s4)cc3)ccc2[nH]1. The highest BCUT2D eigenvalue weighted by Crippen LogP contribution is 2.39. The molecule has 5 heterocycles. The molecule has 2 aliphatic rings. The van der Waals surface area contributed by atoms with Crippen LogP contribution in [0.25, 0.3) is 31.8 Å². The van der Waals surface area contributed by atoms with E-state index in [-0.39, 0.29) is 41.7 Å². The minimum Gasteiger partial charge on any atom is -0.453 e. The number of carbonyl (C=O) groups is 4. The van der Waals surface area contributed by atoms with E-state index in [4.69, 9.17) is 19.4 Å². The second kappa shape index (κ2) is 16.9. The topological polar surface area (TPSA) is 175 Å². The van der Waals surface area contributed by atoms with Crippen molar-refractivity contribution in [1.29, 1.82) is 0 Å². The van der Waals surface area contributed by atoms with Crippen LogP contribution in [0, 0.1) is 29.6 Å². The zero-order valence-electron chi connectivity index (χ0n) is 33.8. The first kappa shape index (κ1) is 40.3. The highest BCUT2D eigenvalue weighted by Gasteiger charge is 2.41. The van der Waals surface area contributed by atoms with Crippen molar-refractivity contribution >= 4 is 56.7 Å². The zero-order valence-corrected chi connectivity index (χ0v) is 34.7. The van der Waals surface area contributed by atoms with Crippen molar-refractivity contribution < 1.29 is 28.7 Å². The molecule has 14 nitrogen and oxygen atoms in total. The maximum Gasteiger partial charge on any atom is 0.407 e. The molecular weight excluding hydrogens is 757 g/mol. The summed E-state index contributed by atoms with van der Waals surface area (Å²) in [4.78, 5) is 73.4. The summed E-state index contributed by atoms with van der Waals surface area (Å²) in [5.74, 6) is 8.19. The van der Waals surface area contributed by atoms with Gasteiger partial charge in [0.15, 0.2) is 0 Å². The number of alkyl carbamates (subject to hydrolysis) is 2. The lowest BCUT2D eigenvalue weighted by Gasteiger charge is -2.30. The number of H-pyrrole nitrogens is 2.